The molecule has 13 nitrogen and oxygen atoms in total. The molecule has 1 amide bonds. The third kappa shape index (κ3) is 11.9. The zero-order chi connectivity index (χ0) is 48.1. The van der Waals surface area contributed by atoms with Crippen molar-refractivity contribution in [1.29, 1.82) is 0 Å². The number of hydrogen-bond acceptors (Lipinski definition) is 11. The standard InChI is InChI=1S/C28H27N3O3.C18H21NO.C10H8N2O3/c1-20-30-26(31-34-20)23-10-5-11-24(17-23)27(32)29-19-28(13-15-33-16-14-28)25-12-6-9-22(18-25)21-7-3-2-4-8-21;19-14-18(9-11-20-12-10-18)17-8-4-7-16(13-17)15-5-2-1-3-6-15;1-6-11-9(12-15-6)7-3-2-4-8(5-7)10(13)14/h2-12,17-18H,13-16,19H2,1H3,(H,29,32);1-8,13H,9-12,14,19H2;2-5H,1H3,(H,13,14). The predicted octanol–water partition coefficient (Wildman–Crippen LogP) is 10.3. The highest BCUT2D eigenvalue weighted by Crippen LogP contribution is 2.38. The Hall–Kier alpha value is -7.58. The van der Waals surface area contributed by atoms with Gasteiger partial charge >= 0.3 is 5.97 Å². The van der Waals surface area contributed by atoms with Crippen molar-refractivity contribution >= 4 is 11.9 Å². The van der Waals surface area contributed by atoms with Gasteiger partial charge in [-0.2, -0.15) is 9.97 Å². The number of amides is 1. The zero-order valence-electron chi connectivity index (χ0n) is 38.8. The summed E-state index contributed by atoms with van der Waals surface area (Å²) >= 11 is 0. The Balaban J connectivity index is 0.000000155. The summed E-state index contributed by atoms with van der Waals surface area (Å²) in [6.07, 6.45) is 3.74. The summed E-state index contributed by atoms with van der Waals surface area (Å²) in [4.78, 5) is 32.1. The van der Waals surface area contributed by atoms with Gasteiger partial charge in [0.2, 0.25) is 23.4 Å². The van der Waals surface area contributed by atoms with Gasteiger partial charge in [-0.15, -0.1) is 0 Å². The molecule has 2 saturated heterocycles. The summed E-state index contributed by atoms with van der Waals surface area (Å²) in [5.74, 6) is 0.723. The van der Waals surface area contributed by atoms with Crippen molar-refractivity contribution in [3.05, 3.63) is 192 Å². The van der Waals surface area contributed by atoms with Gasteiger partial charge in [0.05, 0.1) is 5.56 Å². The molecule has 10 rings (SSSR count). The molecule has 2 aliphatic rings. The number of nitrogens with zero attached hydrogens (tertiary/aromatic N) is 4. The summed E-state index contributed by atoms with van der Waals surface area (Å²) < 4.78 is 21.1. The number of ether oxygens (including phenoxy) is 2. The van der Waals surface area contributed by atoms with Crippen LogP contribution in [0.2, 0.25) is 0 Å². The third-order valence-corrected chi connectivity index (χ3v) is 12.8. The van der Waals surface area contributed by atoms with Crippen molar-refractivity contribution < 1.29 is 33.2 Å². The van der Waals surface area contributed by atoms with Gasteiger partial charge in [0.25, 0.3) is 5.91 Å². The maximum Gasteiger partial charge on any atom is 0.335 e. The van der Waals surface area contributed by atoms with Crippen molar-refractivity contribution in [2.24, 2.45) is 5.73 Å². The fourth-order valence-corrected chi connectivity index (χ4v) is 8.80. The lowest BCUT2D eigenvalue weighted by Gasteiger charge is -2.38. The lowest BCUT2D eigenvalue weighted by atomic mass is 9.73. The molecule has 8 aromatic rings. The van der Waals surface area contributed by atoms with Crippen LogP contribution in [0.4, 0.5) is 0 Å². The molecular formula is C56H56N6O7. The third-order valence-electron chi connectivity index (χ3n) is 12.8. The number of hydrogen-bond donors (Lipinski definition) is 3. The van der Waals surface area contributed by atoms with Gasteiger partial charge in [0.1, 0.15) is 0 Å². The van der Waals surface area contributed by atoms with Crippen molar-refractivity contribution in [1.82, 2.24) is 25.6 Å². The molecule has 0 bridgehead atoms. The van der Waals surface area contributed by atoms with E-state index in [-0.39, 0.29) is 22.3 Å². The van der Waals surface area contributed by atoms with Gasteiger partial charge in [0, 0.05) is 80.9 Å². The van der Waals surface area contributed by atoms with Crippen LogP contribution >= 0.6 is 0 Å². The minimum atomic E-state index is -0.975. The first-order chi connectivity index (χ1) is 33.6. The van der Waals surface area contributed by atoms with E-state index in [1.807, 2.05) is 24.3 Å². The van der Waals surface area contributed by atoms with E-state index >= 15 is 0 Å². The number of aromatic nitrogens is 4. The van der Waals surface area contributed by atoms with Crippen LogP contribution in [0.1, 0.15) is 69.3 Å². The highest BCUT2D eigenvalue weighted by atomic mass is 16.5. The summed E-state index contributed by atoms with van der Waals surface area (Å²) in [6.45, 7) is 7.63. The van der Waals surface area contributed by atoms with Crippen LogP contribution in [0.25, 0.3) is 45.0 Å². The number of nitrogens with two attached hydrogens (primary N) is 1. The second-order valence-corrected chi connectivity index (χ2v) is 17.3. The topological polar surface area (TPSA) is 189 Å². The monoisotopic (exact) mass is 924 g/mol. The van der Waals surface area contributed by atoms with Crippen LogP contribution in [-0.4, -0.2) is 76.8 Å². The van der Waals surface area contributed by atoms with Gasteiger partial charge in [-0.25, -0.2) is 4.79 Å². The van der Waals surface area contributed by atoms with Crippen molar-refractivity contribution in [3.63, 3.8) is 0 Å². The molecule has 0 aliphatic carbocycles. The summed E-state index contributed by atoms with van der Waals surface area (Å²) in [5.41, 5.74) is 15.6. The number of carbonyl (C=O) groups excluding carboxylic acids is 1. The summed E-state index contributed by atoms with van der Waals surface area (Å²) in [7, 11) is 0. The fraction of sp³-hybridized carbons (Fsp3) is 0.250. The van der Waals surface area contributed by atoms with E-state index in [2.05, 4.69) is 123 Å². The second kappa shape index (κ2) is 22.5. The average Bonchev–Trinajstić information content (AvgIpc) is 4.07. The average molecular weight is 925 g/mol. The van der Waals surface area contributed by atoms with Gasteiger partial charge in [0.15, 0.2) is 0 Å². The highest BCUT2D eigenvalue weighted by Gasteiger charge is 2.36. The Morgan fingerprint density at radius 3 is 1.42 bits per heavy atom. The smallest absolute Gasteiger partial charge is 0.335 e. The number of aryl methyl sites for hydroxylation is 2. The Labute approximate surface area is 401 Å². The second-order valence-electron chi connectivity index (χ2n) is 17.3. The Morgan fingerprint density at radius 2 is 0.957 bits per heavy atom. The minimum Gasteiger partial charge on any atom is -0.478 e. The first-order valence-corrected chi connectivity index (χ1v) is 23.1. The van der Waals surface area contributed by atoms with E-state index < -0.39 is 5.97 Å². The SMILES string of the molecule is Cc1nc(-c2cccc(C(=O)NCC3(c4cccc(-c5ccccc5)c4)CCOCC3)c2)no1.Cc1nc(-c2cccc(C(=O)O)c2)no1.NCC1(c2cccc(-c3ccccc3)c2)CCOCC1. The summed E-state index contributed by atoms with van der Waals surface area (Å²) in [5, 5.41) is 19.7. The van der Waals surface area contributed by atoms with Gasteiger partial charge in [-0.3, -0.25) is 4.79 Å². The van der Waals surface area contributed by atoms with E-state index in [1.54, 1.807) is 38.1 Å². The molecule has 0 atom stereocenters. The van der Waals surface area contributed by atoms with Crippen LogP contribution in [0, 0.1) is 13.8 Å². The molecule has 0 spiro atoms. The largest absolute Gasteiger partial charge is 0.478 e. The number of carboxylic acids is 1. The van der Waals surface area contributed by atoms with Crippen LogP contribution in [0.5, 0.6) is 0 Å². The van der Waals surface area contributed by atoms with Crippen molar-refractivity contribution in [3.8, 4) is 45.0 Å². The number of nitrogens with one attached hydrogen (secondary N) is 1. The molecule has 6 aromatic carbocycles. The van der Waals surface area contributed by atoms with E-state index in [0.717, 1.165) is 44.5 Å². The number of benzene rings is 6. The van der Waals surface area contributed by atoms with Crippen molar-refractivity contribution in [2.45, 2.75) is 50.4 Å². The highest BCUT2D eigenvalue weighted by molar-refractivity contribution is 5.95. The predicted molar refractivity (Wildman–Crippen MR) is 265 cm³/mol. The molecule has 0 saturated carbocycles. The zero-order valence-corrected chi connectivity index (χ0v) is 38.8. The van der Waals surface area contributed by atoms with E-state index in [4.69, 9.17) is 29.4 Å². The van der Waals surface area contributed by atoms with E-state index in [9.17, 15) is 9.59 Å². The first kappa shape index (κ1) is 47.9. The van der Waals surface area contributed by atoms with Gasteiger partial charge < -0.3 is 34.7 Å². The quantitative estimate of drug-likeness (QED) is 0.112. The molecule has 13 heteroatoms. The van der Waals surface area contributed by atoms with Crippen LogP contribution < -0.4 is 11.1 Å². The maximum atomic E-state index is 13.1. The number of rotatable bonds is 11. The van der Waals surface area contributed by atoms with E-state index in [1.165, 1.54) is 45.5 Å². The Kier molecular flexibility index (Phi) is 15.6. The summed E-state index contributed by atoms with van der Waals surface area (Å²) in [6, 6.07) is 52.1. The molecule has 2 aliphatic heterocycles. The molecular weight excluding hydrogens is 869 g/mol. The van der Waals surface area contributed by atoms with Crippen LogP contribution in [0.15, 0.2) is 167 Å². The number of carbonyl (C=O) groups is 2. The first-order valence-electron chi connectivity index (χ1n) is 23.1. The molecule has 4 N–H and O–H groups in total. The van der Waals surface area contributed by atoms with Gasteiger partial charge in [-0.1, -0.05) is 144 Å². The Morgan fingerprint density at radius 1 is 0.536 bits per heavy atom. The lowest BCUT2D eigenvalue weighted by molar-refractivity contribution is 0.0487. The molecule has 2 aromatic heterocycles. The normalized spacial score (nSPS) is 14.8. The Bertz CT molecular complexity index is 2940. The van der Waals surface area contributed by atoms with Crippen LogP contribution in [0.3, 0.4) is 0 Å². The molecule has 0 radical (unpaired) electrons. The van der Waals surface area contributed by atoms with Crippen LogP contribution in [-0.2, 0) is 20.3 Å². The fourth-order valence-electron chi connectivity index (χ4n) is 8.80. The molecule has 2 fully saturated rings. The molecule has 0 unspecified atom stereocenters. The molecule has 352 valence electrons. The number of aromatic carboxylic acids is 1. The lowest BCUT2D eigenvalue weighted by Crippen LogP contribution is -2.44. The maximum absolute atomic E-state index is 13.1. The number of carboxylic acid groups (broad SMARTS) is 1. The van der Waals surface area contributed by atoms with Crippen molar-refractivity contribution in [2.75, 3.05) is 39.5 Å². The van der Waals surface area contributed by atoms with E-state index in [0.29, 0.717) is 60.9 Å². The molecule has 69 heavy (non-hydrogen) atoms. The van der Waals surface area contributed by atoms with Gasteiger partial charge in [-0.05, 0) is 83.3 Å². The minimum absolute atomic E-state index is 0.0863. The molecule has 4 heterocycles.